The number of hydrogen-bond acceptors (Lipinski definition) is 3. The van der Waals surface area contributed by atoms with E-state index >= 15 is 0 Å². The number of fused-ring (bicyclic) bond motifs is 1. The van der Waals surface area contributed by atoms with Crippen molar-refractivity contribution in [3.63, 3.8) is 0 Å². The van der Waals surface area contributed by atoms with Crippen molar-refractivity contribution in [2.45, 2.75) is 31.8 Å². The van der Waals surface area contributed by atoms with Crippen molar-refractivity contribution in [2.24, 2.45) is 5.92 Å². The van der Waals surface area contributed by atoms with Crippen LogP contribution in [0.4, 0.5) is 0 Å². The van der Waals surface area contributed by atoms with Crippen LogP contribution >= 0.6 is 11.3 Å². The van der Waals surface area contributed by atoms with Crippen molar-refractivity contribution in [1.29, 1.82) is 0 Å². The molecule has 0 bridgehead atoms. The largest absolute Gasteiger partial charge is 0.388 e. The second-order valence-electron chi connectivity index (χ2n) is 4.93. The van der Waals surface area contributed by atoms with Crippen LogP contribution in [-0.4, -0.2) is 10.1 Å². The third-order valence-electron chi connectivity index (χ3n) is 3.76. The zero-order valence-electron chi connectivity index (χ0n) is 10.2. The van der Waals surface area contributed by atoms with Crippen molar-refractivity contribution >= 4 is 11.3 Å². The van der Waals surface area contributed by atoms with E-state index in [1.807, 2.05) is 17.6 Å². The average Bonchev–Trinajstić information content (AvgIpc) is 2.85. The summed E-state index contributed by atoms with van der Waals surface area (Å²) in [6, 6.07) is 8.30. The van der Waals surface area contributed by atoms with Crippen LogP contribution in [0.25, 0.3) is 0 Å². The Kier molecular flexibility index (Phi) is 3.43. The molecule has 1 N–H and O–H groups in total. The maximum atomic E-state index is 10.6. The highest BCUT2D eigenvalue weighted by molar-refractivity contribution is 7.09. The van der Waals surface area contributed by atoms with Crippen LogP contribution < -0.4 is 0 Å². The van der Waals surface area contributed by atoms with Gasteiger partial charge in [-0.05, 0) is 36.3 Å². The standard InChI is InChI=1S/C15H17NOS/c17-15-12(10-14-16-8-9-18-14)6-3-5-11-4-1-2-7-13(11)15/h1-2,4,7-9,12,15,17H,3,5-6,10H2. The SMILES string of the molecule is OC1c2ccccc2CCCC1Cc1nccs1. The zero-order chi connectivity index (χ0) is 12.4. The molecule has 0 saturated heterocycles. The molecule has 18 heavy (non-hydrogen) atoms. The predicted molar refractivity (Wildman–Crippen MR) is 73.6 cm³/mol. The van der Waals surface area contributed by atoms with Crippen LogP contribution in [-0.2, 0) is 12.8 Å². The van der Waals surface area contributed by atoms with Crippen LogP contribution in [0.15, 0.2) is 35.8 Å². The lowest BCUT2D eigenvalue weighted by molar-refractivity contribution is 0.105. The van der Waals surface area contributed by atoms with E-state index in [1.54, 1.807) is 11.3 Å². The van der Waals surface area contributed by atoms with Crippen molar-refractivity contribution in [2.75, 3.05) is 0 Å². The predicted octanol–water partition coefficient (Wildman–Crippen LogP) is 3.37. The molecule has 0 amide bonds. The van der Waals surface area contributed by atoms with Gasteiger partial charge in [0, 0.05) is 18.0 Å². The average molecular weight is 259 g/mol. The molecule has 3 heteroatoms. The quantitative estimate of drug-likeness (QED) is 0.839. The van der Waals surface area contributed by atoms with Crippen molar-refractivity contribution in [3.8, 4) is 0 Å². The van der Waals surface area contributed by atoms with Crippen LogP contribution in [0.5, 0.6) is 0 Å². The summed E-state index contributed by atoms with van der Waals surface area (Å²) >= 11 is 1.68. The number of nitrogens with zero attached hydrogens (tertiary/aromatic N) is 1. The molecule has 94 valence electrons. The summed E-state index contributed by atoms with van der Waals surface area (Å²) in [7, 11) is 0. The molecule has 1 aliphatic rings. The fraction of sp³-hybridized carbons (Fsp3) is 0.400. The summed E-state index contributed by atoms with van der Waals surface area (Å²) in [6.07, 6.45) is 5.72. The molecular weight excluding hydrogens is 242 g/mol. The van der Waals surface area contributed by atoms with Gasteiger partial charge in [0.05, 0.1) is 11.1 Å². The van der Waals surface area contributed by atoms with E-state index in [4.69, 9.17) is 0 Å². The number of aliphatic hydroxyl groups excluding tert-OH is 1. The summed E-state index contributed by atoms with van der Waals surface area (Å²) in [5, 5.41) is 13.7. The highest BCUT2D eigenvalue weighted by Crippen LogP contribution is 2.35. The van der Waals surface area contributed by atoms with Crippen molar-refractivity contribution in [1.82, 2.24) is 4.98 Å². The summed E-state index contributed by atoms with van der Waals surface area (Å²) < 4.78 is 0. The molecule has 2 unspecified atom stereocenters. The molecule has 0 fully saturated rings. The summed E-state index contributed by atoms with van der Waals surface area (Å²) in [6.45, 7) is 0. The van der Waals surface area contributed by atoms with Crippen LogP contribution in [0.2, 0.25) is 0 Å². The minimum Gasteiger partial charge on any atom is -0.388 e. The monoisotopic (exact) mass is 259 g/mol. The van der Waals surface area contributed by atoms with Crippen molar-refractivity contribution < 1.29 is 5.11 Å². The number of benzene rings is 1. The first-order valence-electron chi connectivity index (χ1n) is 6.49. The molecule has 3 rings (SSSR count). The van der Waals surface area contributed by atoms with Crippen LogP contribution in [0, 0.1) is 5.92 Å². The lowest BCUT2D eigenvalue weighted by Gasteiger charge is -2.20. The molecule has 2 aromatic rings. The van der Waals surface area contributed by atoms with Gasteiger partial charge in [-0.15, -0.1) is 11.3 Å². The summed E-state index contributed by atoms with van der Waals surface area (Å²) in [5.41, 5.74) is 2.43. The lowest BCUT2D eigenvalue weighted by Crippen LogP contribution is -2.14. The number of hydrogen-bond donors (Lipinski definition) is 1. The van der Waals surface area contributed by atoms with Gasteiger partial charge in [-0.3, -0.25) is 0 Å². The molecular formula is C15H17NOS. The minimum absolute atomic E-state index is 0.305. The topological polar surface area (TPSA) is 33.1 Å². The van der Waals surface area contributed by atoms with E-state index in [0.717, 1.165) is 36.3 Å². The van der Waals surface area contributed by atoms with Gasteiger partial charge in [0.2, 0.25) is 0 Å². The third-order valence-corrected chi connectivity index (χ3v) is 4.56. The Bertz CT molecular complexity index is 509. The smallest absolute Gasteiger partial charge is 0.0928 e. The van der Waals surface area contributed by atoms with E-state index in [1.165, 1.54) is 5.56 Å². The number of aromatic nitrogens is 1. The highest BCUT2D eigenvalue weighted by Gasteiger charge is 2.26. The Morgan fingerprint density at radius 2 is 2.22 bits per heavy atom. The summed E-state index contributed by atoms with van der Waals surface area (Å²) in [4.78, 5) is 4.34. The number of aliphatic hydroxyl groups is 1. The van der Waals surface area contributed by atoms with E-state index in [-0.39, 0.29) is 6.10 Å². The Morgan fingerprint density at radius 3 is 3.06 bits per heavy atom. The van der Waals surface area contributed by atoms with E-state index < -0.39 is 0 Å². The van der Waals surface area contributed by atoms with Gasteiger partial charge in [-0.2, -0.15) is 0 Å². The Labute approximate surface area is 111 Å². The molecule has 1 aliphatic carbocycles. The first-order chi connectivity index (χ1) is 8.84. The van der Waals surface area contributed by atoms with Gasteiger partial charge < -0.3 is 5.11 Å². The first-order valence-corrected chi connectivity index (χ1v) is 7.37. The summed E-state index contributed by atoms with van der Waals surface area (Å²) in [5.74, 6) is 0.305. The minimum atomic E-state index is -0.340. The second-order valence-corrected chi connectivity index (χ2v) is 5.91. The zero-order valence-corrected chi connectivity index (χ0v) is 11.1. The van der Waals surface area contributed by atoms with Gasteiger partial charge in [-0.1, -0.05) is 24.3 Å². The van der Waals surface area contributed by atoms with Crippen molar-refractivity contribution in [3.05, 3.63) is 52.0 Å². The molecule has 0 aliphatic heterocycles. The maximum Gasteiger partial charge on any atom is 0.0928 e. The Hall–Kier alpha value is -1.19. The molecule has 1 aromatic carbocycles. The molecule has 1 aromatic heterocycles. The highest BCUT2D eigenvalue weighted by atomic mass is 32.1. The van der Waals surface area contributed by atoms with E-state index in [2.05, 4.69) is 23.2 Å². The molecule has 2 nitrogen and oxygen atoms in total. The Morgan fingerprint density at radius 1 is 1.33 bits per heavy atom. The Balaban J connectivity index is 1.85. The van der Waals surface area contributed by atoms with Crippen LogP contribution in [0.1, 0.15) is 35.1 Å². The molecule has 1 heterocycles. The third kappa shape index (κ3) is 2.33. The molecule has 0 spiro atoms. The molecule has 2 atom stereocenters. The molecule has 0 saturated carbocycles. The lowest BCUT2D eigenvalue weighted by atomic mass is 9.91. The fourth-order valence-electron chi connectivity index (χ4n) is 2.81. The fourth-order valence-corrected chi connectivity index (χ4v) is 3.52. The maximum absolute atomic E-state index is 10.6. The van der Waals surface area contributed by atoms with E-state index in [0.29, 0.717) is 5.92 Å². The number of rotatable bonds is 2. The van der Waals surface area contributed by atoms with E-state index in [9.17, 15) is 5.11 Å². The number of aryl methyl sites for hydroxylation is 1. The first kappa shape index (κ1) is 11.9. The molecule has 0 radical (unpaired) electrons. The van der Waals surface area contributed by atoms with Crippen LogP contribution in [0.3, 0.4) is 0 Å². The van der Waals surface area contributed by atoms with Gasteiger partial charge in [0.25, 0.3) is 0 Å². The van der Waals surface area contributed by atoms with Gasteiger partial charge >= 0.3 is 0 Å². The number of thiazole rings is 1. The van der Waals surface area contributed by atoms with Gasteiger partial charge in [-0.25, -0.2) is 4.98 Å². The van der Waals surface area contributed by atoms with Gasteiger partial charge in [0.15, 0.2) is 0 Å². The van der Waals surface area contributed by atoms with Gasteiger partial charge in [0.1, 0.15) is 0 Å². The second kappa shape index (κ2) is 5.21. The normalized spacial score (nSPS) is 23.4.